The Balaban J connectivity index is 1.32. The summed E-state index contributed by atoms with van der Waals surface area (Å²) in [5, 5.41) is 0. The van der Waals surface area contributed by atoms with Crippen LogP contribution in [0.2, 0.25) is 0 Å². The van der Waals surface area contributed by atoms with Gasteiger partial charge in [-0.1, -0.05) is 60.2 Å². The van der Waals surface area contributed by atoms with Gasteiger partial charge in [-0.05, 0) is 55.0 Å². The summed E-state index contributed by atoms with van der Waals surface area (Å²) < 4.78 is 5.47. The number of ether oxygens (including phenoxy) is 1. The van der Waals surface area contributed by atoms with Gasteiger partial charge in [-0.15, -0.1) is 0 Å². The lowest BCUT2D eigenvalue weighted by molar-refractivity contribution is -0.121. The zero-order chi connectivity index (χ0) is 22.8. The van der Waals surface area contributed by atoms with Crippen molar-refractivity contribution in [2.45, 2.75) is 32.1 Å². The van der Waals surface area contributed by atoms with Crippen LogP contribution in [0.4, 0.5) is 0 Å². The van der Waals surface area contributed by atoms with E-state index >= 15 is 0 Å². The van der Waals surface area contributed by atoms with E-state index in [4.69, 9.17) is 4.74 Å². The molecule has 1 saturated heterocycles. The Kier molecular flexibility index (Phi) is 5.99. The van der Waals surface area contributed by atoms with E-state index < -0.39 is 0 Å². The molecule has 0 saturated carbocycles. The molecule has 0 bridgehead atoms. The highest BCUT2D eigenvalue weighted by atomic mass is 16.5. The van der Waals surface area contributed by atoms with Crippen molar-refractivity contribution < 1.29 is 14.3 Å². The van der Waals surface area contributed by atoms with Crippen molar-refractivity contribution in [1.82, 2.24) is 4.90 Å². The normalized spacial score (nSPS) is 17.2. The third-order valence-corrected chi connectivity index (χ3v) is 6.94. The number of hydrogen-bond donors (Lipinski definition) is 0. The zero-order valence-corrected chi connectivity index (χ0v) is 19.0. The number of Topliss-reactive ketones (excluding diaryl/α,β-unsaturated/α-hetero) is 1. The van der Waals surface area contributed by atoms with Crippen LogP contribution in [-0.4, -0.2) is 36.3 Å². The first kappa shape index (κ1) is 21.4. The van der Waals surface area contributed by atoms with E-state index in [0.29, 0.717) is 29.6 Å². The van der Waals surface area contributed by atoms with Crippen molar-refractivity contribution in [2.75, 3.05) is 19.7 Å². The van der Waals surface area contributed by atoms with Crippen molar-refractivity contribution in [2.24, 2.45) is 5.92 Å². The summed E-state index contributed by atoms with van der Waals surface area (Å²) >= 11 is 0. The minimum Gasteiger partial charge on any atom is -0.486 e. The highest BCUT2D eigenvalue weighted by Crippen LogP contribution is 2.38. The molecule has 4 heteroatoms. The molecule has 168 valence electrons. The van der Waals surface area contributed by atoms with Crippen LogP contribution in [0.15, 0.2) is 72.8 Å². The third kappa shape index (κ3) is 4.56. The molecule has 2 aliphatic heterocycles. The second-order valence-corrected chi connectivity index (χ2v) is 9.26. The zero-order valence-electron chi connectivity index (χ0n) is 19.0. The average molecular weight is 440 g/mol. The number of carbonyl (C=O) groups excluding carboxylic acids is 2. The lowest BCUT2D eigenvalue weighted by Crippen LogP contribution is -2.40. The fourth-order valence-electron chi connectivity index (χ4n) is 5.29. The number of benzene rings is 3. The Morgan fingerprint density at radius 2 is 1.70 bits per heavy atom. The molecule has 3 aromatic rings. The standard InChI is InChI=1S/C29H29NO3/c1-20-6-5-9-23(16-20)28(21-7-3-2-4-8-21)22-12-14-30(15-13-22)29(32)24-10-11-27-25(17-24)18-26(31)19-33-27/h2-11,16-17,22,28H,12-15,18-19H2,1H3/t28-/m0/s1. The van der Waals surface area contributed by atoms with Crippen LogP contribution >= 0.6 is 0 Å². The van der Waals surface area contributed by atoms with Gasteiger partial charge in [0.1, 0.15) is 12.4 Å². The Morgan fingerprint density at radius 3 is 2.45 bits per heavy atom. The van der Waals surface area contributed by atoms with E-state index in [1.807, 2.05) is 23.1 Å². The molecule has 33 heavy (non-hydrogen) atoms. The summed E-state index contributed by atoms with van der Waals surface area (Å²) in [6.07, 6.45) is 2.27. The van der Waals surface area contributed by atoms with Gasteiger partial charge < -0.3 is 9.64 Å². The van der Waals surface area contributed by atoms with Crippen LogP contribution < -0.4 is 4.74 Å². The SMILES string of the molecule is Cc1cccc([C@@H](c2ccccc2)C2CCN(C(=O)c3ccc4c(c3)CC(=O)CO4)CC2)c1. The second kappa shape index (κ2) is 9.22. The van der Waals surface area contributed by atoms with E-state index in [9.17, 15) is 9.59 Å². The number of nitrogens with zero attached hydrogens (tertiary/aromatic N) is 1. The van der Waals surface area contributed by atoms with Crippen molar-refractivity contribution in [1.29, 1.82) is 0 Å². The predicted molar refractivity (Wildman–Crippen MR) is 129 cm³/mol. The van der Waals surface area contributed by atoms with E-state index in [1.54, 1.807) is 0 Å². The Bertz CT molecular complexity index is 1160. The summed E-state index contributed by atoms with van der Waals surface area (Å²) in [4.78, 5) is 26.9. The molecule has 5 rings (SSSR count). The number of hydrogen-bond acceptors (Lipinski definition) is 3. The maximum atomic E-state index is 13.2. The summed E-state index contributed by atoms with van der Waals surface area (Å²) in [6.45, 7) is 3.75. The minimum atomic E-state index is 0.0427. The second-order valence-electron chi connectivity index (χ2n) is 9.26. The summed E-state index contributed by atoms with van der Waals surface area (Å²) in [5.74, 6) is 1.62. The molecule has 0 spiro atoms. The van der Waals surface area contributed by atoms with Gasteiger partial charge >= 0.3 is 0 Å². The topological polar surface area (TPSA) is 46.6 Å². The maximum absolute atomic E-state index is 13.2. The van der Waals surface area contributed by atoms with Gasteiger partial charge in [-0.25, -0.2) is 0 Å². The van der Waals surface area contributed by atoms with Crippen LogP contribution in [0, 0.1) is 12.8 Å². The molecule has 0 aliphatic carbocycles. The molecule has 0 unspecified atom stereocenters. The van der Waals surface area contributed by atoms with Gasteiger partial charge in [-0.3, -0.25) is 9.59 Å². The Hall–Kier alpha value is -3.40. The van der Waals surface area contributed by atoms with Crippen molar-refractivity contribution >= 4 is 11.7 Å². The Labute approximate surface area is 195 Å². The largest absolute Gasteiger partial charge is 0.486 e. The number of likely N-dealkylation sites (tertiary alicyclic amines) is 1. The number of carbonyl (C=O) groups is 2. The maximum Gasteiger partial charge on any atom is 0.253 e. The van der Waals surface area contributed by atoms with E-state index in [2.05, 4.69) is 61.5 Å². The van der Waals surface area contributed by atoms with Crippen molar-refractivity contribution in [3.63, 3.8) is 0 Å². The van der Waals surface area contributed by atoms with E-state index in [0.717, 1.165) is 31.5 Å². The lowest BCUT2D eigenvalue weighted by Gasteiger charge is -2.37. The van der Waals surface area contributed by atoms with E-state index in [1.165, 1.54) is 16.7 Å². The first-order valence-corrected chi connectivity index (χ1v) is 11.8. The van der Waals surface area contributed by atoms with Crippen LogP contribution in [0.3, 0.4) is 0 Å². The molecule has 2 aliphatic rings. The number of amides is 1. The van der Waals surface area contributed by atoms with Crippen molar-refractivity contribution in [3.8, 4) is 5.75 Å². The molecule has 3 aromatic carbocycles. The molecule has 0 radical (unpaired) electrons. The molecule has 0 N–H and O–H groups in total. The summed E-state index contributed by atoms with van der Waals surface area (Å²) in [6, 6.07) is 25.0. The van der Waals surface area contributed by atoms with Gasteiger partial charge in [0, 0.05) is 36.6 Å². The number of fused-ring (bicyclic) bond motifs is 1. The molecular weight excluding hydrogens is 410 g/mol. The van der Waals surface area contributed by atoms with Gasteiger partial charge in [0.25, 0.3) is 5.91 Å². The van der Waals surface area contributed by atoms with Gasteiger partial charge in [0.15, 0.2) is 5.78 Å². The Morgan fingerprint density at radius 1 is 0.939 bits per heavy atom. The number of rotatable bonds is 4. The van der Waals surface area contributed by atoms with Crippen LogP contribution in [0.1, 0.15) is 51.4 Å². The fourth-order valence-corrected chi connectivity index (χ4v) is 5.29. The molecule has 0 aromatic heterocycles. The number of ketones is 1. The van der Waals surface area contributed by atoms with Crippen LogP contribution in [0.5, 0.6) is 5.75 Å². The third-order valence-electron chi connectivity index (χ3n) is 6.94. The van der Waals surface area contributed by atoms with Crippen LogP contribution in [-0.2, 0) is 11.2 Å². The molecular formula is C29H29NO3. The highest BCUT2D eigenvalue weighted by Gasteiger charge is 2.31. The van der Waals surface area contributed by atoms with Gasteiger partial charge in [0.2, 0.25) is 0 Å². The fraction of sp³-hybridized carbons (Fsp3) is 0.310. The molecule has 1 amide bonds. The van der Waals surface area contributed by atoms with Crippen LogP contribution in [0.25, 0.3) is 0 Å². The first-order valence-electron chi connectivity index (χ1n) is 11.8. The lowest BCUT2D eigenvalue weighted by atomic mass is 9.76. The molecule has 4 nitrogen and oxygen atoms in total. The van der Waals surface area contributed by atoms with Gasteiger partial charge in [-0.2, -0.15) is 0 Å². The van der Waals surface area contributed by atoms with Gasteiger partial charge in [0.05, 0.1) is 0 Å². The predicted octanol–water partition coefficient (Wildman–Crippen LogP) is 5.18. The smallest absolute Gasteiger partial charge is 0.253 e. The monoisotopic (exact) mass is 439 g/mol. The summed E-state index contributed by atoms with van der Waals surface area (Å²) in [7, 11) is 0. The van der Waals surface area contributed by atoms with Crippen molar-refractivity contribution in [3.05, 3.63) is 101 Å². The molecule has 1 atom stereocenters. The number of piperidine rings is 1. The molecule has 2 heterocycles. The first-order chi connectivity index (χ1) is 16.1. The average Bonchev–Trinajstić information content (AvgIpc) is 2.84. The minimum absolute atomic E-state index is 0.0427. The quantitative estimate of drug-likeness (QED) is 0.563. The van der Waals surface area contributed by atoms with E-state index in [-0.39, 0.29) is 18.3 Å². The highest BCUT2D eigenvalue weighted by molar-refractivity contribution is 5.95. The summed E-state index contributed by atoms with van der Waals surface area (Å²) in [5.41, 5.74) is 5.42. The molecule has 1 fully saturated rings. The number of aryl methyl sites for hydroxylation is 1.